The van der Waals surface area contributed by atoms with Crippen molar-refractivity contribution in [3.8, 4) is 0 Å². The van der Waals surface area contributed by atoms with Crippen LogP contribution >= 0.6 is 0 Å². The maximum atomic E-state index is 13.0. The number of hydrogen-bond acceptors (Lipinski definition) is 5. The summed E-state index contributed by atoms with van der Waals surface area (Å²) in [4.78, 5) is 18.6. The highest BCUT2D eigenvalue weighted by atomic mass is 19.1. The van der Waals surface area contributed by atoms with E-state index in [2.05, 4.69) is 15.0 Å². The minimum absolute atomic E-state index is 0.0892. The standard InChI is InChI=1S/C17H19FN4O2/c18-13-1-3-14(4-2-13)20-7-9-21(10-8-20)15-11-22(12-15)17(23)16-5-6-19-24-16/h1-6,15H,7-12H2. The molecule has 2 fully saturated rings. The van der Waals surface area contributed by atoms with Gasteiger partial charge in [-0.05, 0) is 24.3 Å². The maximum absolute atomic E-state index is 13.0. The summed E-state index contributed by atoms with van der Waals surface area (Å²) in [5, 5.41) is 3.57. The monoisotopic (exact) mass is 330 g/mol. The van der Waals surface area contributed by atoms with Crippen molar-refractivity contribution in [2.24, 2.45) is 0 Å². The van der Waals surface area contributed by atoms with Crippen molar-refractivity contribution in [3.05, 3.63) is 48.1 Å². The zero-order valence-corrected chi connectivity index (χ0v) is 13.3. The van der Waals surface area contributed by atoms with E-state index in [1.54, 1.807) is 11.0 Å². The van der Waals surface area contributed by atoms with E-state index in [0.717, 1.165) is 45.0 Å². The molecule has 0 bridgehead atoms. The predicted octanol–water partition coefficient (Wildman–Crippen LogP) is 1.46. The molecule has 2 aliphatic rings. The van der Waals surface area contributed by atoms with Gasteiger partial charge in [0.05, 0.1) is 6.20 Å². The van der Waals surface area contributed by atoms with Crippen LogP contribution in [-0.4, -0.2) is 66.2 Å². The summed E-state index contributed by atoms with van der Waals surface area (Å²) >= 11 is 0. The summed E-state index contributed by atoms with van der Waals surface area (Å²) in [6.45, 7) is 5.20. The van der Waals surface area contributed by atoms with Crippen molar-refractivity contribution < 1.29 is 13.7 Å². The number of amides is 1. The molecule has 0 radical (unpaired) electrons. The molecule has 6 nitrogen and oxygen atoms in total. The lowest BCUT2D eigenvalue weighted by Gasteiger charge is -2.48. The molecule has 3 heterocycles. The molecule has 7 heteroatoms. The summed E-state index contributed by atoms with van der Waals surface area (Å²) in [6.07, 6.45) is 1.49. The zero-order valence-electron chi connectivity index (χ0n) is 13.3. The molecule has 0 aliphatic carbocycles. The van der Waals surface area contributed by atoms with Crippen LogP contribution in [0.2, 0.25) is 0 Å². The smallest absolute Gasteiger partial charge is 0.292 e. The molecule has 24 heavy (non-hydrogen) atoms. The Balaban J connectivity index is 1.27. The second kappa shape index (κ2) is 6.24. The van der Waals surface area contributed by atoms with Crippen LogP contribution in [0.15, 0.2) is 41.1 Å². The quantitative estimate of drug-likeness (QED) is 0.853. The van der Waals surface area contributed by atoms with Gasteiger partial charge in [0.1, 0.15) is 5.82 Å². The molecule has 0 atom stereocenters. The lowest BCUT2D eigenvalue weighted by molar-refractivity contribution is 0.0217. The van der Waals surface area contributed by atoms with Crippen LogP contribution in [0.25, 0.3) is 0 Å². The number of aromatic nitrogens is 1. The van der Waals surface area contributed by atoms with Crippen molar-refractivity contribution >= 4 is 11.6 Å². The van der Waals surface area contributed by atoms with E-state index in [0.29, 0.717) is 11.8 Å². The second-order valence-electron chi connectivity index (χ2n) is 6.24. The van der Waals surface area contributed by atoms with Crippen molar-refractivity contribution in [1.29, 1.82) is 0 Å². The van der Waals surface area contributed by atoms with Gasteiger partial charge in [0.15, 0.2) is 0 Å². The lowest BCUT2D eigenvalue weighted by atomic mass is 10.1. The van der Waals surface area contributed by atoms with Gasteiger partial charge in [-0.2, -0.15) is 0 Å². The van der Waals surface area contributed by atoms with Crippen LogP contribution < -0.4 is 4.90 Å². The van der Waals surface area contributed by atoms with Crippen molar-refractivity contribution in [2.45, 2.75) is 6.04 Å². The van der Waals surface area contributed by atoms with Crippen LogP contribution in [0.5, 0.6) is 0 Å². The van der Waals surface area contributed by atoms with Gasteiger partial charge < -0.3 is 14.3 Å². The van der Waals surface area contributed by atoms with E-state index in [1.807, 2.05) is 12.1 Å². The number of carbonyl (C=O) groups excluding carboxylic acids is 1. The molecule has 126 valence electrons. The Morgan fingerprint density at radius 2 is 1.79 bits per heavy atom. The van der Waals surface area contributed by atoms with Gasteiger partial charge >= 0.3 is 0 Å². The molecule has 2 aromatic rings. The van der Waals surface area contributed by atoms with Gasteiger partial charge in [0, 0.05) is 57.1 Å². The van der Waals surface area contributed by atoms with Crippen molar-refractivity contribution in [2.75, 3.05) is 44.2 Å². The summed E-state index contributed by atoms with van der Waals surface area (Å²) in [6, 6.07) is 8.66. The van der Waals surface area contributed by atoms with E-state index in [-0.39, 0.29) is 11.7 Å². The second-order valence-corrected chi connectivity index (χ2v) is 6.24. The molecule has 2 saturated heterocycles. The SMILES string of the molecule is O=C(c1ccno1)N1CC(N2CCN(c3ccc(F)cc3)CC2)C1. The number of halogens is 1. The highest BCUT2D eigenvalue weighted by Crippen LogP contribution is 2.22. The first-order valence-electron chi connectivity index (χ1n) is 8.15. The molecule has 1 aromatic carbocycles. The molecular formula is C17H19FN4O2. The number of likely N-dealkylation sites (tertiary alicyclic amines) is 1. The largest absolute Gasteiger partial charge is 0.369 e. The number of benzene rings is 1. The Labute approximate surface area is 139 Å². The average molecular weight is 330 g/mol. The molecule has 0 spiro atoms. The Morgan fingerprint density at radius 1 is 1.08 bits per heavy atom. The number of piperazine rings is 1. The fourth-order valence-corrected chi connectivity index (χ4v) is 3.33. The van der Waals surface area contributed by atoms with E-state index in [4.69, 9.17) is 4.52 Å². The highest BCUT2D eigenvalue weighted by Gasteiger charge is 2.37. The molecule has 4 rings (SSSR count). The van der Waals surface area contributed by atoms with E-state index < -0.39 is 0 Å². The van der Waals surface area contributed by atoms with Crippen LogP contribution in [0.3, 0.4) is 0 Å². The zero-order chi connectivity index (χ0) is 16.5. The van der Waals surface area contributed by atoms with E-state index in [9.17, 15) is 9.18 Å². The number of nitrogens with zero attached hydrogens (tertiary/aromatic N) is 4. The van der Waals surface area contributed by atoms with Gasteiger partial charge in [-0.25, -0.2) is 4.39 Å². The summed E-state index contributed by atoms with van der Waals surface area (Å²) in [5.41, 5.74) is 1.06. The summed E-state index contributed by atoms with van der Waals surface area (Å²) < 4.78 is 17.9. The van der Waals surface area contributed by atoms with Gasteiger partial charge in [-0.1, -0.05) is 5.16 Å². The van der Waals surface area contributed by atoms with Gasteiger partial charge in [-0.3, -0.25) is 9.69 Å². The minimum Gasteiger partial charge on any atom is -0.369 e. The summed E-state index contributed by atoms with van der Waals surface area (Å²) in [5.74, 6) is 0.00615. The fraction of sp³-hybridized carbons (Fsp3) is 0.412. The first-order chi connectivity index (χ1) is 11.7. The van der Waals surface area contributed by atoms with Crippen LogP contribution in [0, 0.1) is 5.82 Å². The molecule has 0 unspecified atom stereocenters. The molecule has 0 saturated carbocycles. The van der Waals surface area contributed by atoms with Crippen molar-refractivity contribution in [3.63, 3.8) is 0 Å². The number of hydrogen-bond donors (Lipinski definition) is 0. The number of carbonyl (C=O) groups is 1. The number of anilines is 1. The minimum atomic E-state index is -0.205. The van der Waals surface area contributed by atoms with Gasteiger partial charge in [0.2, 0.25) is 5.76 Å². The topological polar surface area (TPSA) is 52.8 Å². The maximum Gasteiger partial charge on any atom is 0.292 e. The van der Waals surface area contributed by atoms with Crippen molar-refractivity contribution in [1.82, 2.24) is 15.0 Å². The normalized spacial score (nSPS) is 19.4. The Morgan fingerprint density at radius 3 is 2.42 bits per heavy atom. The molecular weight excluding hydrogens is 311 g/mol. The number of rotatable bonds is 3. The third-order valence-electron chi connectivity index (χ3n) is 4.82. The van der Waals surface area contributed by atoms with Gasteiger partial charge in [0.25, 0.3) is 5.91 Å². The predicted molar refractivity (Wildman–Crippen MR) is 86.4 cm³/mol. The lowest BCUT2D eigenvalue weighted by Crippen LogP contribution is -2.64. The van der Waals surface area contributed by atoms with Gasteiger partial charge in [-0.15, -0.1) is 0 Å². The first kappa shape index (κ1) is 15.1. The molecule has 1 aromatic heterocycles. The average Bonchev–Trinajstić information content (AvgIpc) is 3.09. The third kappa shape index (κ3) is 2.87. The van der Waals surface area contributed by atoms with E-state index in [1.165, 1.54) is 18.3 Å². The van der Waals surface area contributed by atoms with E-state index >= 15 is 0 Å². The summed E-state index contributed by atoms with van der Waals surface area (Å²) in [7, 11) is 0. The first-order valence-corrected chi connectivity index (χ1v) is 8.15. The highest BCUT2D eigenvalue weighted by molar-refractivity contribution is 5.91. The third-order valence-corrected chi connectivity index (χ3v) is 4.82. The van der Waals surface area contributed by atoms with Crippen LogP contribution in [0.4, 0.5) is 10.1 Å². The molecule has 1 amide bonds. The Bertz CT molecular complexity index is 690. The fourth-order valence-electron chi connectivity index (χ4n) is 3.33. The van der Waals surface area contributed by atoms with Crippen LogP contribution in [-0.2, 0) is 0 Å². The van der Waals surface area contributed by atoms with Crippen LogP contribution in [0.1, 0.15) is 10.6 Å². The Hall–Kier alpha value is -2.41. The molecule has 0 N–H and O–H groups in total. The Kier molecular flexibility index (Phi) is 3.93. The molecule has 2 aliphatic heterocycles.